The lowest BCUT2D eigenvalue weighted by Crippen LogP contribution is -2.40. The van der Waals surface area contributed by atoms with E-state index in [1.807, 2.05) is 50.1 Å². The van der Waals surface area contributed by atoms with E-state index in [4.69, 9.17) is 9.15 Å². The van der Waals surface area contributed by atoms with Gasteiger partial charge in [0.25, 0.3) is 5.91 Å². The highest BCUT2D eigenvalue weighted by molar-refractivity contribution is 5.96. The van der Waals surface area contributed by atoms with Gasteiger partial charge in [0.1, 0.15) is 6.04 Å². The molecule has 2 heterocycles. The minimum atomic E-state index is -0.914. The lowest BCUT2D eigenvalue weighted by molar-refractivity contribution is -0.148. The third kappa shape index (κ3) is 4.08. The summed E-state index contributed by atoms with van der Waals surface area (Å²) >= 11 is 0. The van der Waals surface area contributed by atoms with Crippen LogP contribution in [0.5, 0.6) is 0 Å². The summed E-state index contributed by atoms with van der Waals surface area (Å²) < 4.78 is 10.1. The Kier molecular flexibility index (Phi) is 5.59. The fourth-order valence-electron chi connectivity index (χ4n) is 3.45. The maximum atomic E-state index is 12.4. The van der Waals surface area contributed by atoms with E-state index in [9.17, 15) is 14.4 Å². The number of nitrogens with one attached hydrogen (secondary N) is 1. The summed E-state index contributed by atoms with van der Waals surface area (Å²) in [4.78, 5) is 38.4. The normalized spacial score (nSPS) is 17.0. The number of para-hydroxylation sites is 1. The van der Waals surface area contributed by atoms with E-state index in [-0.39, 0.29) is 17.0 Å². The molecule has 7 heteroatoms. The number of carbonyl (C=O) groups is 3. The lowest BCUT2D eigenvalue weighted by atomic mass is 9.83. The minimum Gasteiger partial charge on any atom is -0.459 e. The molecule has 0 spiro atoms. The second-order valence-electron chi connectivity index (χ2n) is 7.48. The Balaban J connectivity index is 1.59. The molecule has 1 aliphatic rings. The molecule has 1 aromatic carbocycles. The van der Waals surface area contributed by atoms with Crippen molar-refractivity contribution in [2.45, 2.75) is 32.2 Å². The van der Waals surface area contributed by atoms with Crippen molar-refractivity contribution < 1.29 is 23.5 Å². The molecule has 0 saturated carbocycles. The van der Waals surface area contributed by atoms with Crippen LogP contribution in [0, 0.1) is 0 Å². The van der Waals surface area contributed by atoms with E-state index in [0.29, 0.717) is 0 Å². The van der Waals surface area contributed by atoms with Crippen LogP contribution in [0.25, 0.3) is 0 Å². The molecule has 2 aromatic rings. The molecule has 29 heavy (non-hydrogen) atoms. The van der Waals surface area contributed by atoms with Crippen LogP contribution in [0.4, 0.5) is 5.69 Å². The zero-order valence-corrected chi connectivity index (χ0v) is 16.9. The molecule has 0 unspecified atom stereocenters. The van der Waals surface area contributed by atoms with Gasteiger partial charge in [0.05, 0.1) is 6.26 Å². The van der Waals surface area contributed by atoms with E-state index in [1.165, 1.54) is 25.3 Å². The van der Waals surface area contributed by atoms with Gasteiger partial charge in [0.15, 0.2) is 18.2 Å². The van der Waals surface area contributed by atoms with Crippen LogP contribution in [0.2, 0.25) is 0 Å². The third-order valence-corrected chi connectivity index (χ3v) is 5.04. The molecule has 0 fully saturated rings. The number of likely N-dealkylation sites (N-methyl/N-ethyl adjacent to an activating group) is 1. The van der Waals surface area contributed by atoms with Crippen molar-refractivity contribution in [2.75, 3.05) is 18.6 Å². The van der Waals surface area contributed by atoms with Gasteiger partial charge in [0.2, 0.25) is 0 Å². The molecule has 0 saturated heterocycles. The predicted molar refractivity (Wildman–Crippen MR) is 108 cm³/mol. The number of hydrogen-bond acceptors (Lipinski definition) is 6. The molecule has 1 atom stereocenters. The first-order chi connectivity index (χ1) is 13.7. The SMILES string of the molecule is C[C@H](NC(=O)c1ccco1)C(=O)OCC(=O)C=C1N(C)c2ccccc2C1(C)C. The van der Waals surface area contributed by atoms with E-state index in [0.717, 1.165) is 16.9 Å². The Labute approximate surface area is 169 Å². The van der Waals surface area contributed by atoms with E-state index < -0.39 is 24.5 Å². The number of anilines is 1. The highest BCUT2D eigenvalue weighted by Crippen LogP contribution is 2.46. The third-order valence-electron chi connectivity index (χ3n) is 5.04. The van der Waals surface area contributed by atoms with Gasteiger partial charge >= 0.3 is 5.97 Å². The van der Waals surface area contributed by atoms with Gasteiger partial charge in [-0.15, -0.1) is 0 Å². The van der Waals surface area contributed by atoms with Crippen LogP contribution in [-0.2, 0) is 19.7 Å². The van der Waals surface area contributed by atoms with Gasteiger partial charge in [-0.05, 0) is 30.7 Å². The van der Waals surface area contributed by atoms with Gasteiger partial charge in [-0.3, -0.25) is 9.59 Å². The number of esters is 1. The standard InChI is InChI=1S/C22H24N2O5/c1-14(23-20(26)18-10-7-11-28-18)21(27)29-13-15(25)12-19-22(2,3)16-8-5-6-9-17(16)24(19)4/h5-12,14H,13H2,1-4H3,(H,23,26)/t14-/m0/s1. The summed E-state index contributed by atoms with van der Waals surface area (Å²) in [5, 5.41) is 2.47. The number of ketones is 1. The summed E-state index contributed by atoms with van der Waals surface area (Å²) in [5.41, 5.74) is 2.67. The average molecular weight is 396 g/mol. The van der Waals surface area contributed by atoms with Crippen molar-refractivity contribution in [3.8, 4) is 0 Å². The van der Waals surface area contributed by atoms with Crippen LogP contribution in [0.15, 0.2) is 58.9 Å². The molecule has 1 amide bonds. The van der Waals surface area contributed by atoms with Gasteiger partial charge in [-0.1, -0.05) is 32.0 Å². The second kappa shape index (κ2) is 7.95. The fourth-order valence-corrected chi connectivity index (χ4v) is 3.45. The van der Waals surface area contributed by atoms with E-state index in [2.05, 4.69) is 5.32 Å². The molecule has 0 bridgehead atoms. The highest BCUT2D eigenvalue weighted by Gasteiger charge is 2.38. The first kappa shape index (κ1) is 20.4. The van der Waals surface area contributed by atoms with E-state index >= 15 is 0 Å². The molecule has 152 valence electrons. The molecular weight excluding hydrogens is 372 g/mol. The number of furan rings is 1. The lowest BCUT2D eigenvalue weighted by Gasteiger charge is -2.24. The van der Waals surface area contributed by atoms with Gasteiger partial charge in [-0.25, -0.2) is 4.79 Å². The zero-order chi connectivity index (χ0) is 21.2. The number of ether oxygens (including phenoxy) is 1. The first-order valence-corrected chi connectivity index (χ1v) is 9.31. The maximum absolute atomic E-state index is 12.4. The van der Waals surface area contributed by atoms with Crippen LogP contribution in [0.1, 0.15) is 36.9 Å². The Morgan fingerprint density at radius 1 is 1.21 bits per heavy atom. The molecule has 1 aliphatic heterocycles. The summed E-state index contributed by atoms with van der Waals surface area (Å²) in [5.74, 6) is -1.46. The highest BCUT2D eigenvalue weighted by atomic mass is 16.5. The molecule has 3 rings (SSSR count). The Hall–Kier alpha value is -3.35. The molecule has 1 N–H and O–H groups in total. The van der Waals surface area contributed by atoms with Gasteiger partial charge < -0.3 is 19.4 Å². The van der Waals surface area contributed by atoms with E-state index in [1.54, 1.807) is 6.07 Å². The number of rotatable bonds is 6. The van der Waals surface area contributed by atoms with Crippen LogP contribution in [-0.4, -0.2) is 37.4 Å². The molecule has 7 nitrogen and oxygen atoms in total. The molecule has 0 aliphatic carbocycles. The van der Waals surface area contributed by atoms with Gasteiger partial charge in [-0.2, -0.15) is 0 Å². The van der Waals surface area contributed by atoms with Crippen LogP contribution in [0.3, 0.4) is 0 Å². The monoisotopic (exact) mass is 396 g/mol. The van der Waals surface area contributed by atoms with Crippen molar-refractivity contribution in [3.63, 3.8) is 0 Å². The maximum Gasteiger partial charge on any atom is 0.328 e. The van der Waals surface area contributed by atoms with Crippen molar-refractivity contribution >= 4 is 23.3 Å². The largest absolute Gasteiger partial charge is 0.459 e. The Morgan fingerprint density at radius 3 is 2.59 bits per heavy atom. The number of allylic oxidation sites excluding steroid dienone is 1. The molecular formula is C22H24N2O5. The predicted octanol–water partition coefficient (Wildman–Crippen LogP) is 2.82. The number of benzene rings is 1. The van der Waals surface area contributed by atoms with Crippen molar-refractivity contribution in [1.82, 2.24) is 5.32 Å². The average Bonchev–Trinajstić information content (AvgIpc) is 3.29. The molecule has 0 radical (unpaired) electrons. The van der Waals surface area contributed by atoms with Crippen LogP contribution >= 0.6 is 0 Å². The smallest absolute Gasteiger partial charge is 0.328 e. The summed E-state index contributed by atoms with van der Waals surface area (Å²) in [7, 11) is 1.91. The number of carbonyl (C=O) groups excluding carboxylic acids is 3. The number of hydrogen-bond donors (Lipinski definition) is 1. The fraction of sp³-hybridized carbons (Fsp3) is 0.318. The van der Waals surface area contributed by atoms with Crippen molar-refractivity contribution in [2.24, 2.45) is 0 Å². The first-order valence-electron chi connectivity index (χ1n) is 9.31. The zero-order valence-electron chi connectivity index (χ0n) is 16.9. The molecule has 1 aromatic heterocycles. The topological polar surface area (TPSA) is 88.9 Å². The van der Waals surface area contributed by atoms with Crippen molar-refractivity contribution in [1.29, 1.82) is 0 Å². The van der Waals surface area contributed by atoms with Gasteiger partial charge in [0, 0.05) is 29.9 Å². The Bertz CT molecular complexity index is 959. The van der Waals surface area contributed by atoms with Crippen molar-refractivity contribution in [3.05, 3.63) is 65.8 Å². The van der Waals surface area contributed by atoms with Crippen LogP contribution < -0.4 is 10.2 Å². The quantitative estimate of drug-likeness (QED) is 0.597. The number of fused-ring (bicyclic) bond motifs is 1. The summed E-state index contributed by atoms with van der Waals surface area (Å²) in [6.45, 7) is 5.18. The summed E-state index contributed by atoms with van der Waals surface area (Å²) in [6, 6.07) is 10.1. The second-order valence-corrected chi connectivity index (χ2v) is 7.48. The summed E-state index contributed by atoms with van der Waals surface area (Å²) in [6.07, 6.45) is 2.88. The minimum absolute atomic E-state index is 0.0940. The Morgan fingerprint density at radius 2 is 1.93 bits per heavy atom. The number of amides is 1. The number of nitrogens with zero attached hydrogens (tertiary/aromatic N) is 1.